The van der Waals surface area contributed by atoms with E-state index in [0.29, 0.717) is 16.7 Å². The number of para-hydroxylation sites is 1. The van der Waals surface area contributed by atoms with Gasteiger partial charge in [0.05, 0.1) is 51.6 Å². The lowest BCUT2D eigenvalue weighted by molar-refractivity contribution is 1.17. The molecule has 0 saturated carbocycles. The van der Waals surface area contributed by atoms with Gasteiger partial charge in [0.15, 0.2) is 0 Å². The van der Waals surface area contributed by atoms with E-state index in [1.807, 2.05) is 54.6 Å². The zero-order valence-electron chi connectivity index (χ0n) is 27.3. The fourth-order valence-corrected chi connectivity index (χ4v) is 7.72. The number of aromatic nitrogens is 1. The van der Waals surface area contributed by atoms with Crippen LogP contribution in [0.15, 0.2) is 158 Å². The van der Waals surface area contributed by atoms with E-state index in [-0.39, 0.29) is 0 Å². The van der Waals surface area contributed by atoms with Gasteiger partial charge < -0.3 is 4.57 Å². The van der Waals surface area contributed by atoms with Gasteiger partial charge in [0.1, 0.15) is 0 Å². The molecule has 0 saturated heterocycles. The predicted molar refractivity (Wildman–Crippen MR) is 206 cm³/mol. The molecule has 0 aliphatic carbocycles. The van der Waals surface area contributed by atoms with Crippen LogP contribution in [0.25, 0.3) is 82.4 Å². The summed E-state index contributed by atoms with van der Waals surface area (Å²) < 4.78 is 2.11. The number of nitrogens with zero attached hydrogens (tertiary/aromatic N) is 4. The third-order valence-corrected chi connectivity index (χ3v) is 9.87. The van der Waals surface area contributed by atoms with Crippen molar-refractivity contribution in [1.29, 1.82) is 15.8 Å². The van der Waals surface area contributed by atoms with Crippen molar-refractivity contribution in [3.63, 3.8) is 0 Å². The van der Waals surface area contributed by atoms with Gasteiger partial charge in [0, 0.05) is 16.3 Å². The average Bonchev–Trinajstić information content (AvgIpc) is 3.53. The Morgan fingerprint density at radius 2 is 0.843 bits per heavy atom. The molecule has 0 aliphatic heterocycles. The monoisotopic (exact) mass is 646 g/mol. The van der Waals surface area contributed by atoms with Crippen molar-refractivity contribution < 1.29 is 0 Å². The van der Waals surface area contributed by atoms with Crippen LogP contribution in [0.1, 0.15) is 16.7 Å². The number of hydrogen-bond donors (Lipinski definition) is 0. The normalized spacial score (nSPS) is 11.1. The highest BCUT2D eigenvalue weighted by molar-refractivity contribution is 6.21. The summed E-state index contributed by atoms with van der Waals surface area (Å²) in [6.45, 7) is 0. The lowest BCUT2D eigenvalue weighted by Crippen LogP contribution is -2.01. The maximum Gasteiger partial charge on any atom is 0.0999 e. The zero-order chi connectivity index (χ0) is 34.5. The highest BCUT2D eigenvalue weighted by atomic mass is 15.0. The van der Waals surface area contributed by atoms with Crippen molar-refractivity contribution in [3.05, 3.63) is 174 Å². The summed E-state index contributed by atoms with van der Waals surface area (Å²) in [5.74, 6) is 0. The quantitative estimate of drug-likeness (QED) is 0.179. The topological polar surface area (TPSA) is 76.3 Å². The van der Waals surface area contributed by atoms with Crippen LogP contribution in [0, 0.1) is 34.0 Å². The van der Waals surface area contributed by atoms with Crippen molar-refractivity contribution >= 4 is 43.4 Å². The Kier molecular flexibility index (Phi) is 6.93. The summed E-state index contributed by atoms with van der Waals surface area (Å²) in [5, 5.41) is 36.9. The van der Waals surface area contributed by atoms with E-state index in [9.17, 15) is 15.8 Å². The summed E-state index contributed by atoms with van der Waals surface area (Å²) in [7, 11) is 0. The average molecular weight is 647 g/mol. The molecule has 0 amide bonds. The van der Waals surface area contributed by atoms with Gasteiger partial charge in [-0.15, -0.1) is 0 Å². The van der Waals surface area contributed by atoms with Gasteiger partial charge in [-0.25, -0.2) is 0 Å². The first-order valence-corrected chi connectivity index (χ1v) is 16.7. The summed E-state index contributed by atoms with van der Waals surface area (Å²) >= 11 is 0. The SMILES string of the molecule is N#Cc1cc(C#N)c(-c2ccc(-c3c4ccccc4c(-c4ccccc4)c4ccccc34)cc2)c(-n2c3ccccc3c3cc(C#N)ccc32)c1. The number of nitriles is 3. The van der Waals surface area contributed by atoms with E-state index in [1.54, 1.807) is 6.07 Å². The standard InChI is InChI=1S/C47H26N4/c48-27-30-18-23-43-41(25-30)36-12-8-9-17-42(36)51(43)44-26-31(28-49)24-35(29-50)45(44)33-19-21-34(22-20-33)47-39-15-6-4-13-37(39)46(32-10-2-1-3-11-32)38-14-5-7-16-40(38)47/h1-26H. The second-order valence-corrected chi connectivity index (χ2v) is 12.6. The van der Waals surface area contributed by atoms with Crippen molar-refractivity contribution in [1.82, 2.24) is 4.57 Å². The molecule has 0 N–H and O–H groups in total. The van der Waals surface area contributed by atoms with E-state index in [1.165, 1.54) is 32.7 Å². The summed E-state index contributed by atoms with van der Waals surface area (Å²) in [4.78, 5) is 0. The van der Waals surface area contributed by atoms with E-state index < -0.39 is 0 Å². The van der Waals surface area contributed by atoms with Gasteiger partial charge >= 0.3 is 0 Å². The molecule has 0 unspecified atom stereocenters. The lowest BCUT2D eigenvalue weighted by Gasteiger charge is -2.19. The molecular formula is C47H26N4. The van der Waals surface area contributed by atoms with Gasteiger partial charge in [-0.05, 0) is 85.8 Å². The molecule has 9 aromatic rings. The third kappa shape index (κ3) is 4.66. The van der Waals surface area contributed by atoms with Crippen LogP contribution in [0.4, 0.5) is 0 Å². The molecule has 0 fully saturated rings. The fourth-order valence-electron chi connectivity index (χ4n) is 7.72. The molecule has 0 spiro atoms. The van der Waals surface area contributed by atoms with Crippen LogP contribution in [-0.2, 0) is 0 Å². The second kappa shape index (κ2) is 11.9. The fraction of sp³-hybridized carbons (Fsp3) is 0. The summed E-state index contributed by atoms with van der Waals surface area (Å²) in [5.41, 5.74) is 10.2. The number of benzene rings is 8. The smallest absolute Gasteiger partial charge is 0.0999 e. The predicted octanol–water partition coefficient (Wildman–Crippen LogP) is 11.7. The van der Waals surface area contributed by atoms with Crippen molar-refractivity contribution in [2.75, 3.05) is 0 Å². The van der Waals surface area contributed by atoms with Crippen LogP contribution in [0.5, 0.6) is 0 Å². The highest BCUT2D eigenvalue weighted by Crippen LogP contribution is 2.45. The van der Waals surface area contributed by atoms with Crippen molar-refractivity contribution in [2.45, 2.75) is 0 Å². The molecule has 234 valence electrons. The van der Waals surface area contributed by atoms with Gasteiger partial charge in [-0.2, -0.15) is 15.8 Å². The van der Waals surface area contributed by atoms with Crippen LogP contribution < -0.4 is 0 Å². The van der Waals surface area contributed by atoms with Crippen LogP contribution >= 0.6 is 0 Å². The van der Waals surface area contributed by atoms with Crippen molar-refractivity contribution in [3.8, 4) is 57.3 Å². The van der Waals surface area contributed by atoms with Gasteiger partial charge in [-0.3, -0.25) is 0 Å². The Morgan fingerprint density at radius 3 is 1.41 bits per heavy atom. The van der Waals surface area contributed by atoms with Gasteiger partial charge in [0.2, 0.25) is 0 Å². The van der Waals surface area contributed by atoms with Crippen LogP contribution in [-0.4, -0.2) is 4.57 Å². The molecule has 51 heavy (non-hydrogen) atoms. The molecule has 0 radical (unpaired) electrons. The molecule has 8 aromatic carbocycles. The Labute approximate surface area is 294 Å². The molecular weight excluding hydrogens is 621 g/mol. The lowest BCUT2D eigenvalue weighted by atomic mass is 9.85. The van der Waals surface area contributed by atoms with Gasteiger partial charge in [-0.1, -0.05) is 121 Å². The molecule has 1 heterocycles. The van der Waals surface area contributed by atoms with E-state index in [0.717, 1.165) is 49.7 Å². The summed E-state index contributed by atoms with van der Waals surface area (Å²) in [6.07, 6.45) is 0. The summed E-state index contributed by atoms with van der Waals surface area (Å²) in [6, 6.07) is 60.3. The molecule has 1 aromatic heterocycles. The molecule has 0 aliphatic rings. The minimum atomic E-state index is 0.401. The number of fused-ring (bicyclic) bond motifs is 5. The first-order chi connectivity index (χ1) is 25.2. The Bertz CT molecular complexity index is 2930. The van der Waals surface area contributed by atoms with Gasteiger partial charge in [0.25, 0.3) is 0 Å². The Morgan fingerprint density at radius 1 is 0.353 bits per heavy atom. The van der Waals surface area contributed by atoms with Crippen molar-refractivity contribution in [2.24, 2.45) is 0 Å². The second-order valence-electron chi connectivity index (χ2n) is 12.6. The Hall–Kier alpha value is -7.45. The van der Waals surface area contributed by atoms with E-state index in [4.69, 9.17) is 0 Å². The van der Waals surface area contributed by atoms with E-state index >= 15 is 0 Å². The first-order valence-electron chi connectivity index (χ1n) is 16.7. The first kappa shape index (κ1) is 29.7. The number of hydrogen-bond acceptors (Lipinski definition) is 3. The number of rotatable bonds is 4. The van der Waals surface area contributed by atoms with Crippen LogP contribution in [0.2, 0.25) is 0 Å². The third-order valence-electron chi connectivity index (χ3n) is 9.87. The minimum Gasteiger partial charge on any atom is -0.309 e. The Balaban J connectivity index is 1.29. The maximum absolute atomic E-state index is 10.5. The molecule has 0 bridgehead atoms. The molecule has 4 nitrogen and oxygen atoms in total. The largest absolute Gasteiger partial charge is 0.309 e. The van der Waals surface area contributed by atoms with E-state index in [2.05, 4.69) is 120 Å². The highest BCUT2D eigenvalue weighted by Gasteiger charge is 2.21. The maximum atomic E-state index is 10.5. The molecule has 0 atom stereocenters. The zero-order valence-corrected chi connectivity index (χ0v) is 27.3. The minimum absolute atomic E-state index is 0.401. The van der Waals surface area contributed by atoms with Crippen LogP contribution in [0.3, 0.4) is 0 Å². The molecule has 9 rings (SSSR count). The molecule has 4 heteroatoms.